The molecule has 1 heterocycles. The number of ether oxygens (including phenoxy) is 1. The van der Waals surface area contributed by atoms with Crippen LogP contribution in [-0.2, 0) is 5.60 Å². The van der Waals surface area contributed by atoms with Gasteiger partial charge in [0.05, 0.1) is 13.3 Å². The van der Waals surface area contributed by atoms with Gasteiger partial charge in [-0.2, -0.15) is 5.10 Å². The van der Waals surface area contributed by atoms with Crippen molar-refractivity contribution in [1.29, 1.82) is 0 Å². The first-order valence-electron chi connectivity index (χ1n) is 6.48. The Hall–Kier alpha value is -1.88. The summed E-state index contributed by atoms with van der Waals surface area (Å²) in [7, 11) is 1.52. The Morgan fingerprint density at radius 3 is 2.65 bits per heavy atom. The van der Waals surface area contributed by atoms with Crippen molar-refractivity contribution in [3.8, 4) is 5.75 Å². The summed E-state index contributed by atoms with van der Waals surface area (Å²) >= 11 is 0. The van der Waals surface area contributed by atoms with E-state index in [1.807, 2.05) is 13.8 Å². The number of hydrogen-bond donors (Lipinski definition) is 1. The molecule has 20 heavy (non-hydrogen) atoms. The van der Waals surface area contributed by atoms with Gasteiger partial charge in [-0.25, -0.2) is 4.39 Å². The van der Waals surface area contributed by atoms with E-state index in [-0.39, 0.29) is 6.04 Å². The Bertz CT molecular complexity index is 606. The molecule has 0 radical (unpaired) electrons. The molecule has 1 unspecified atom stereocenters. The van der Waals surface area contributed by atoms with E-state index < -0.39 is 11.4 Å². The minimum Gasteiger partial charge on any atom is -0.493 e. The maximum absolute atomic E-state index is 13.4. The van der Waals surface area contributed by atoms with Gasteiger partial charge in [0.1, 0.15) is 17.1 Å². The predicted octanol–water partition coefficient (Wildman–Crippen LogP) is 2.87. The van der Waals surface area contributed by atoms with Crippen molar-refractivity contribution in [2.75, 3.05) is 7.11 Å². The molecule has 0 aliphatic carbocycles. The van der Waals surface area contributed by atoms with Gasteiger partial charge in [0.25, 0.3) is 0 Å². The molecular weight excluding hydrogens is 259 g/mol. The van der Waals surface area contributed by atoms with Gasteiger partial charge in [-0.05, 0) is 38.5 Å². The number of rotatable bonds is 4. The van der Waals surface area contributed by atoms with Gasteiger partial charge < -0.3 is 9.84 Å². The maximum atomic E-state index is 13.4. The van der Waals surface area contributed by atoms with Gasteiger partial charge in [-0.15, -0.1) is 0 Å². The molecule has 5 heteroatoms. The third-order valence-corrected chi connectivity index (χ3v) is 3.32. The Morgan fingerprint density at radius 1 is 1.40 bits per heavy atom. The predicted molar refractivity (Wildman–Crippen MR) is 74.2 cm³/mol. The van der Waals surface area contributed by atoms with Crippen molar-refractivity contribution < 1.29 is 14.2 Å². The van der Waals surface area contributed by atoms with Crippen LogP contribution in [0.2, 0.25) is 0 Å². The van der Waals surface area contributed by atoms with Crippen LogP contribution in [0.1, 0.15) is 38.1 Å². The second-order valence-corrected chi connectivity index (χ2v) is 5.18. The van der Waals surface area contributed by atoms with Crippen LogP contribution in [0, 0.1) is 5.82 Å². The van der Waals surface area contributed by atoms with Crippen molar-refractivity contribution in [3.05, 3.63) is 47.5 Å². The molecule has 4 nitrogen and oxygen atoms in total. The zero-order valence-electron chi connectivity index (χ0n) is 12.1. The third-order valence-electron chi connectivity index (χ3n) is 3.32. The topological polar surface area (TPSA) is 47.3 Å². The molecule has 2 aromatic rings. The maximum Gasteiger partial charge on any atom is 0.163 e. The molecule has 1 N–H and O–H groups in total. The zero-order chi connectivity index (χ0) is 14.9. The average Bonchev–Trinajstić information content (AvgIpc) is 2.83. The Kier molecular flexibility index (Phi) is 3.81. The molecule has 108 valence electrons. The standard InChI is InChI=1S/C15H19FN2O2/c1-10(2)18-14(13(20-4)9-17-18)15(3,19)11-6-5-7-12(16)8-11/h5-10,19H,1-4H3. The molecular formula is C15H19FN2O2. The zero-order valence-corrected chi connectivity index (χ0v) is 12.1. The van der Waals surface area contributed by atoms with Crippen LogP contribution in [0.3, 0.4) is 0 Å². The van der Waals surface area contributed by atoms with Crippen molar-refractivity contribution >= 4 is 0 Å². The minimum atomic E-state index is -1.39. The van der Waals surface area contributed by atoms with E-state index >= 15 is 0 Å². The van der Waals surface area contributed by atoms with Crippen molar-refractivity contribution in [1.82, 2.24) is 9.78 Å². The molecule has 1 atom stereocenters. The first-order valence-corrected chi connectivity index (χ1v) is 6.48. The van der Waals surface area contributed by atoms with Gasteiger partial charge in [0.2, 0.25) is 0 Å². The van der Waals surface area contributed by atoms with E-state index in [4.69, 9.17) is 4.74 Å². The highest BCUT2D eigenvalue weighted by Gasteiger charge is 2.34. The largest absolute Gasteiger partial charge is 0.493 e. The van der Waals surface area contributed by atoms with Crippen molar-refractivity contribution in [3.63, 3.8) is 0 Å². The fourth-order valence-electron chi connectivity index (χ4n) is 2.28. The summed E-state index contributed by atoms with van der Waals surface area (Å²) in [5.41, 5.74) is -0.424. The Balaban J connectivity index is 2.61. The van der Waals surface area contributed by atoms with E-state index in [9.17, 15) is 9.50 Å². The number of halogens is 1. The lowest BCUT2D eigenvalue weighted by atomic mass is 9.91. The van der Waals surface area contributed by atoms with E-state index in [0.29, 0.717) is 17.0 Å². The minimum absolute atomic E-state index is 0.0499. The number of aromatic nitrogens is 2. The molecule has 2 rings (SSSR count). The van der Waals surface area contributed by atoms with E-state index in [2.05, 4.69) is 5.10 Å². The fraction of sp³-hybridized carbons (Fsp3) is 0.400. The lowest BCUT2D eigenvalue weighted by Gasteiger charge is -2.27. The molecule has 0 aliphatic heterocycles. The monoisotopic (exact) mass is 278 g/mol. The molecule has 0 saturated heterocycles. The number of benzene rings is 1. The number of aliphatic hydroxyl groups is 1. The van der Waals surface area contributed by atoms with Crippen LogP contribution in [0.4, 0.5) is 4.39 Å². The number of hydrogen-bond acceptors (Lipinski definition) is 3. The van der Waals surface area contributed by atoms with Crippen molar-refractivity contribution in [2.45, 2.75) is 32.4 Å². The molecule has 1 aromatic carbocycles. The molecule has 1 aromatic heterocycles. The van der Waals surface area contributed by atoms with E-state index in [0.717, 1.165) is 0 Å². The second-order valence-electron chi connectivity index (χ2n) is 5.18. The lowest BCUT2D eigenvalue weighted by molar-refractivity contribution is 0.0864. The first kappa shape index (κ1) is 14.5. The van der Waals surface area contributed by atoms with Crippen LogP contribution in [-0.4, -0.2) is 22.0 Å². The highest BCUT2D eigenvalue weighted by atomic mass is 19.1. The summed E-state index contributed by atoms with van der Waals surface area (Å²) in [4.78, 5) is 0. The van der Waals surface area contributed by atoms with E-state index in [1.165, 1.54) is 19.2 Å². The van der Waals surface area contributed by atoms with Gasteiger partial charge in [-0.1, -0.05) is 12.1 Å². The Labute approximate surface area is 117 Å². The van der Waals surface area contributed by atoms with Crippen LogP contribution in [0.5, 0.6) is 5.75 Å². The molecule has 0 saturated carbocycles. The normalized spacial score (nSPS) is 14.3. The van der Waals surface area contributed by atoms with Crippen LogP contribution in [0.25, 0.3) is 0 Å². The smallest absolute Gasteiger partial charge is 0.163 e. The summed E-state index contributed by atoms with van der Waals surface area (Å²) in [6.07, 6.45) is 1.56. The van der Waals surface area contributed by atoms with Gasteiger partial charge in [0, 0.05) is 6.04 Å². The number of methoxy groups -OCH3 is 1. The summed E-state index contributed by atoms with van der Waals surface area (Å²) in [6, 6.07) is 5.96. The molecule has 0 amide bonds. The highest BCUT2D eigenvalue weighted by molar-refractivity contribution is 5.39. The van der Waals surface area contributed by atoms with Gasteiger partial charge in [-0.3, -0.25) is 4.68 Å². The molecule has 0 bridgehead atoms. The summed E-state index contributed by atoms with van der Waals surface area (Å²) in [5, 5.41) is 15.1. The summed E-state index contributed by atoms with van der Waals surface area (Å²) in [6.45, 7) is 5.52. The van der Waals surface area contributed by atoms with Crippen LogP contribution < -0.4 is 4.74 Å². The fourth-order valence-corrected chi connectivity index (χ4v) is 2.28. The molecule has 0 aliphatic rings. The van der Waals surface area contributed by atoms with Gasteiger partial charge in [0.15, 0.2) is 5.75 Å². The quantitative estimate of drug-likeness (QED) is 0.935. The Morgan fingerprint density at radius 2 is 2.10 bits per heavy atom. The van der Waals surface area contributed by atoms with Crippen LogP contribution >= 0.6 is 0 Å². The number of nitrogens with zero attached hydrogens (tertiary/aromatic N) is 2. The van der Waals surface area contributed by atoms with Crippen molar-refractivity contribution in [2.24, 2.45) is 0 Å². The second kappa shape index (κ2) is 5.25. The molecule has 0 spiro atoms. The summed E-state index contributed by atoms with van der Waals surface area (Å²) < 4.78 is 20.4. The SMILES string of the molecule is COc1cnn(C(C)C)c1C(C)(O)c1cccc(F)c1. The summed E-state index contributed by atoms with van der Waals surface area (Å²) in [5.74, 6) is 0.0883. The molecule has 0 fully saturated rings. The average molecular weight is 278 g/mol. The third kappa shape index (κ3) is 2.41. The lowest BCUT2D eigenvalue weighted by Crippen LogP contribution is -2.28. The van der Waals surface area contributed by atoms with Crippen LogP contribution in [0.15, 0.2) is 30.5 Å². The highest BCUT2D eigenvalue weighted by Crippen LogP contribution is 2.36. The van der Waals surface area contributed by atoms with Gasteiger partial charge >= 0.3 is 0 Å². The van der Waals surface area contributed by atoms with E-state index in [1.54, 1.807) is 29.9 Å². The first-order chi connectivity index (χ1) is 9.37.